The van der Waals surface area contributed by atoms with Gasteiger partial charge in [0.15, 0.2) is 0 Å². The molecule has 0 heterocycles. The van der Waals surface area contributed by atoms with E-state index in [0.29, 0.717) is 6.04 Å². The summed E-state index contributed by atoms with van der Waals surface area (Å²) in [4.78, 5) is 2.46. The molecule has 0 saturated carbocycles. The lowest BCUT2D eigenvalue weighted by molar-refractivity contribution is 0.160. The van der Waals surface area contributed by atoms with Gasteiger partial charge in [-0.3, -0.25) is 0 Å². The Morgan fingerprint density at radius 3 is 2.42 bits per heavy atom. The van der Waals surface area contributed by atoms with Gasteiger partial charge in [-0.05, 0) is 59.7 Å². The van der Waals surface area contributed by atoms with E-state index in [1.54, 1.807) is 0 Å². The number of nitrogens with one attached hydrogen (secondary N) is 1. The van der Waals surface area contributed by atoms with Crippen LogP contribution in [0.3, 0.4) is 0 Å². The molecular formula is C16H36N2O. The molecule has 0 amide bonds. The first-order valence-corrected chi connectivity index (χ1v) is 8.05. The van der Waals surface area contributed by atoms with E-state index in [9.17, 15) is 5.11 Å². The van der Waals surface area contributed by atoms with Crippen molar-refractivity contribution in [1.82, 2.24) is 10.2 Å². The fraction of sp³-hybridized carbons (Fsp3) is 1.00. The first kappa shape index (κ1) is 18.9. The largest absolute Gasteiger partial charge is 0.394 e. The van der Waals surface area contributed by atoms with Gasteiger partial charge in [-0.2, -0.15) is 0 Å². The second-order valence-corrected chi connectivity index (χ2v) is 6.22. The predicted octanol–water partition coefficient (Wildman–Crippen LogP) is 3.03. The number of aliphatic hydroxyl groups is 1. The molecule has 0 aliphatic carbocycles. The monoisotopic (exact) mass is 272 g/mol. The zero-order valence-corrected chi connectivity index (χ0v) is 13.8. The maximum Gasteiger partial charge on any atom is 0.0610 e. The molecule has 0 spiro atoms. The maximum atomic E-state index is 9.51. The number of unbranched alkanes of at least 4 members (excludes halogenated alkanes) is 1. The van der Waals surface area contributed by atoms with Crippen LogP contribution in [0, 0.1) is 0 Å². The van der Waals surface area contributed by atoms with Crippen molar-refractivity contribution >= 4 is 0 Å². The zero-order valence-electron chi connectivity index (χ0n) is 13.8. The molecule has 0 aliphatic heterocycles. The highest BCUT2D eigenvalue weighted by Crippen LogP contribution is 2.14. The third-order valence-electron chi connectivity index (χ3n) is 4.10. The van der Waals surface area contributed by atoms with E-state index in [0.717, 1.165) is 25.9 Å². The van der Waals surface area contributed by atoms with Crippen LogP contribution >= 0.6 is 0 Å². The van der Waals surface area contributed by atoms with Crippen LogP contribution in [0.15, 0.2) is 0 Å². The summed E-state index contributed by atoms with van der Waals surface area (Å²) in [6.45, 7) is 11.2. The van der Waals surface area contributed by atoms with Crippen molar-refractivity contribution in [3.63, 3.8) is 0 Å². The lowest BCUT2D eigenvalue weighted by Crippen LogP contribution is -2.46. The highest BCUT2D eigenvalue weighted by atomic mass is 16.3. The first-order valence-electron chi connectivity index (χ1n) is 8.05. The lowest BCUT2D eigenvalue weighted by atomic mass is 9.95. The maximum absolute atomic E-state index is 9.51. The van der Waals surface area contributed by atoms with Gasteiger partial charge in [0.05, 0.1) is 6.61 Å². The number of nitrogens with zero attached hydrogens (tertiary/aromatic N) is 1. The average molecular weight is 272 g/mol. The zero-order chi connectivity index (χ0) is 14.7. The van der Waals surface area contributed by atoms with Gasteiger partial charge < -0.3 is 15.3 Å². The SMILES string of the molecule is CCCNC(C)(CO)CCCCN(C)C(C)CCC. The van der Waals surface area contributed by atoms with E-state index in [1.165, 1.54) is 25.7 Å². The Bertz CT molecular complexity index is 211. The Labute approximate surface area is 120 Å². The Kier molecular flexibility index (Phi) is 10.6. The highest BCUT2D eigenvalue weighted by Gasteiger charge is 2.21. The summed E-state index contributed by atoms with van der Waals surface area (Å²) < 4.78 is 0. The summed E-state index contributed by atoms with van der Waals surface area (Å²) in [5.41, 5.74) is -0.0936. The number of rotatable bonds is 12. The molecule has 116 valence electrons. The predicted molar refractivity (Wildman–Crippen MR) is 84.6 cm³/mol. The molecule has 0 aromatic carbocycles. The molecule has 0 aliphatic rings. The topological polar surface area (TPSA) is 35.5 Å². The van der Waals surface area contributed by atoms with Crippen LogP contribution in [0.5, 0.6) is 0 Å². The molecule has 0 radical (unpaired) electrons. The third-order valence-corrected chi connectivity index (χ3v) is 4.10. The molecular weight excluding hydrogens is 236 g/mol. The summed E-state index contributed by atoms with van der Waals surface area (Å²) in [6.07, 6.45) is 7.11. The van der Waals surface area contributed by atoms with E-state index in [2.05, 4.69) is 45.0 Å². The summed E-state index contributed by atoms with van der Waals surface area (Å²) >= 11 is 0. The van der Waals surface area contributed by atoms with Gasteiger partial charge in [0.1, 0.15) is 0 Å². The molecule has 3 heteroatoms. The van der Waals surface area contributed by atoms with Crippen LogP contribution in [0.1, 0.15) is 66.2 Å². The van der Waals surface area contributed by atoms with Crippen LogP contribution in [0.4, 0.5) is 0 Å². The number of hydrogen-bond acceptors (Lipinski definition) is 3. The van der Waals surface area contributed by atoms with Crippen molar-refractivity contribution in [3.8, 4) is 0 Å². The van der Waals surface area contributed by atoms with Gasteiger partial charge >= 0.3 is 0 Å². The van der Waals surface area contributed by atoms with Crippen LogP contribution < -0.4 is 5.32 Å². The normalized spacial score (nSPS) is 16.6. The van der Waals surface area contributed by atoms with Crippen molar-refractivity contribution in [3.05, 3.63) is 0 Å². The van der Waals surface area contributed by atoms with Crippen molar-refractivity contribution in [2.45, 2.75) is 77.8 Å². The third kappa shape index (κ3) is 8.61. The van der Waals surface area contributed by atoms with E-state index in [-0.39, 0.29) is 12.1 Å². The molecule has 19 heavy (non-hydrogen) atoms. The molecule has 0 rings (SSSR count). The summed E-state index contributed by atoms with van der Waals surface area (Å²) in [5, 5.41) is 13.0. The smallest absolute Gasteiger partial charge is 0.0610 e. The molecule has 3 nitrogen and oxygen atoms in total. The van der Waals surface area contributed by atoms with Gasteiger partial charge in [-0.25, -0.2) is 0 Å². The van der Waals surface area contributed by atoms with Gasteiger partial charge in [0, 0.05) is 11.6 Å². The summed E-state index contributed by atoms with van der Waals surface area (Å²) in [6, 6.07) is 0.687. The molecule has 2 atom stereocenters. The fourth-order valence-corrected chi connectivity index (χ4v) is 2.39. The van der Waals surface area contributed by atoms with Gasteiger partial charge in [-0.1, -0.05) is 26.7 Å². The molecule has 0 aromatic heterocycles. The van der Waals surface area contributed by atoms with Gasteiger partial charge in [0.25, 0.3) is 0 Å². The standard InChI is InChI=1S/C16H36N2O/c1-6-10-15(3)18(5)13-9-8-11-16(4,14-19)17-12-7-2/h15,17,19H,6-14H2,1-5H3. The summed E-state index contributed by atoms with van der Waals surface area (Å²) in [5.74, 6) is 0. The van der Waals surface area contributed by atoms with Gasteiger partial charge in [0.2, 0.25) is 0 Å². The van der Waals surface area contributed by atoms with Crippen LogP contribution in [0.25, 0.3) is 0 Å². The second kappa shape index (κ2) is 10.6. The van der Waals surface area contributed by atoms with Crippen molar-refractivity contribution < 1.29 is 5.11 Å². The molecule has 0 aromatic rings. The minimum atomic E-state index is -0.0936. The highest BCUT2D eigenvalue weighted by molar-refractivity contribution is 4.82. The van der Waals surface area contributed by atoms with Crippen molar-refractivity contribution in [1.29, 1.82) is 0 Å². The summed E-state index contributed by atoms with van der Waals surface area (Å²) in [7, 11) is 2.22. The number of aliphatic hydroxyl groups excluding tert-OH is 1. The van der Waals surface area contributed by atoms with E-state index in [1.807, 2.05) is 0 Å². The quantitative estimate of drug-likeness (QED) is 0.536. The van der Waals surface area contributed by atoms with Crippen molar-refractivity contribution in [2.75, 3.05) is 26.7 Å². The second-order valence-electron chi connectivity index (χ2n) is 6.22. The average Bonchev–Trinajstić information content (AvgIpc) is 2.41. The van der Waals surface area contributed by atoms with Gasteiger partial charge in [-0.15, -0.1) is 0 Å². The molecule has 0 bridgehead atoms. The fourth-order valence-electron chi connectivity index (χ4n) is 2.39. The molecule has 2 unspecified atom stereocenters. The van der Waals surface area contributed by atoms with Crippen LogP contribution in [-0.2, 0) is 0 Å². The Morgan fingerprint density at radius 2 is 1.89 bits per heavy atom. The van der Waals surface area contributed by atoms with Crippen molar-refractivity contribution in [2.24, 2.45) is 0 Å². The van der Waals surface area contributed by atoms with Crippen LogP contribution in [0.2, 0.25) is 0 Å². The molecule has 2 N–H and O–H groups in total. The molecule has 0 saturated heterocycles. The Hall–Kier alpha value is -0.120. The first-order chi connectivity index (χ1) is 8.99. The molecule has 0 fully saturated rings. The minimum absolute atomic E-state index is 0.0936. The minimum Gasteiger partial charge on any atom is -0.394 e. The van der Waals surface area contributed by atoms with Crippen LogP contribution in [-0.4, -0.2) is 48.3 Å². The van der Waals surface area contributed by atoms with E-state index < -0.39 is 0 Å². The Morgan fingerprint density at radius 1 is 1.21 bits per heavy atom. The lowest BCUT2D eigenvalue weighted by Gasteiger charge is -2.30. The Balaban J connectivity index is 3.82. The van der Waals surface area contributed by atoms with E-state index >= 15 is 0 Å². The number of hydrogen-bond donors (Lipinski definition) is 2. The van der Waals surface area contributed by atoms with E-state index in [4.69, 9.17) is 0 Å².